The first kappa shape index (κ1) is 14.1. The molecule has 0 saturated carbocycles. The van der Waals surface area contributed by atoms with E-state index in [1.807, 2.05) is 0 Å². The van der Waals surface area contributed by atoms with Gasteiger partial charge in [-0.2, -0.15) is 0 Å². The largest absolute Gasteiger partial charge is 0.384 e. The Morgan fingerprint density at radius 3 is 2.76 bits per heavy atom. The molecule has 1 aliphatic carbocycles. The fraction of sp³-hybridized carbons (Fsp3) is 0.421. The zero-order valence-electron chi connectivity index (χ0n) is 13.3. The fourth-order valence-electron chi connectivity index (χ4n) is 3.39. The molecule has 0 fully saturated rings. The number of anilines is 1. The average Bonchev–Trinajstić information content (AvgIpc) is 2.42. The molecule has 0 spiro atoms. The van der Waals surface area contributed by atoms with Crippen molar-refractivity contribution in [3.05, 3.63) is 42.1 Å². The first-order chi connectivity index (χ1) is 10.0. The quantitative estimate of drug-likeness (QED) is 0.851. The molecule has 0 radical (unpaired) electrons. The minimum Gasteiger partial charge on any atom is -0.384 e. The standard InChI is InChI=1S/C19H24N2/c1-5-10-20-18-14-8-6-7-9-15(14)21-16-12-19(3,4)11-13(2)17(16)18/h6-9H,2,5,10-12H2,1,3-4H3,(H,20,21). The molecule has 0 saturated heterocycles. The molecule has 21 heavy (non-hydrogen) atoms. The van der Waals surface area contributed by atoms with Crippen molar-refractivity contribution < 1.29 is 0 Å². The summed E-state index contributed by atoms with van der Waals surface area (Å²) in [5.41, 5.74) is 6.26. The Kier molecular flexibility index (Phi) is 3.48. The Balaban J connectivity index is 2.25. The minimum absolute atomic E-state index is 0.252. The smallest absolute Gasteiger partial charge is 0.0726 e. The van der Waals surface area contributed by atoms with Gasteiger partial charge in [0, 0.05) is 17.5 Å². The number of pyridine rings is 1. The highest BCUT2D eigenvalue weighted by Gasteiger charge is 2.31. The van der Waals surface area contributed by atoms with E-state index in [0.29, 0.717) is 0 Å². The van der Waals surface area contributed by atoms with Crippen molar-refractivity contribution in [2.45, 2.75) is 40.0 Å². The van der Waals surface area contributed by atoms with E-state index in [9.17, 15) is 0 Å². The molecule has 1 aliphatic rings. The summed E-state index contributed by atoms with van der Waals surface area (Å²) in [4.78, 5) is 4.93. The third kappa shape index (κ3) is 2.55. The van der Waals surface area contributed by atoms with Gasteiger partial charge in [-0.1, -0.05) is 45.5 Å². The molecule has 0 amide bonds. The van der Waals surface area contributed by atoms with Gasteiger partial charge in [0.05, 0.1) is 16.9 Å². The highest BCUT2D eigenvalue weighted by molar-refractivity contribution is 5.98. The van der Waals surface area contributed by atoms with E-state index in [4.69, 9.17) is 4.98 Å². The van der Waals surface area contributed by atoms with Gasteiger partial charge in [-0.3, -0.25) is 4.98 Å². The number of aromatic nitrogens is 1. The second-order valence-electron chi connectivity index (χ2n) is 6.87. The van der Waals surface area contributed by atoms with Crippen molar-refractivity contribution in [2.24, 2.45) is 5.41 Å². The van der Waals surface area contributed by atoms with E-state index < -0.39 is 0 Å². The lowest BCUT2D eigenvalue weighted by atomic mass is 9.73. The Labute approximate surface area is 127 Å². The number of nitrogens with zero attached hydrogens (tertiary/aromatic N) is 1. The Bertz CT molecular complexity index is 698. The topological polar surface area (TPSA) is 24.9 Å². The third-order valence-electron chi connectivity index (χ3n) is 4.21. The number of para-hydroxylation sites is 1. The molecule has 2 heteroatoms. The predicted molar refractivity (Wildman–Crippen MR) is 91.7 cm³/mol. The molecule has 0 bridgehead atoms. The van der Waals surface area contributed by atoms with Crippen LogP contribution in [-0.2, 0) is 6.42 Å². The maximum absolute atomic E-state index is 4.93. The predicted octanol–water partition coefficient (Wildman–Crippen LogP) is 5.04. The summed E-state index contributed by atoms with van der Waals surface area (Å²) in [5.74, 6) is 0. The van der Waals surface area contributed by atoms with Gasteiger partial charge in [-0.05, 0) is 36.3 Å². The Hall–Kier alpha value is -1.83. The number of rotatable bonds is 3. The lowest BCUT2D eigenvalue weighted by Crippen LogP contribution is -2.23. The molecule has 1 aromatic carbocycles. The number of hydrogen-bond acceptors (Lipinski definition) is 2. The summed E-state index contributed by atoms with van der Waals surface area (Å²) < 4.78 is 0. The van der Waals surface area contributed by atoms with Crippen LogP contribution in [-0.4, -0.2) is 11.5 Å². The van der Waals surface area contributed by atoms with Crippen LogP contribution in [0.4, 0.5) is 5.69 Å². The van der Waals surface area contributed by atoms with Crippen molar-refractivity contribution in [2.75, 3.05) is 11.9 Å². The van der Waals surface area contributed by atoms with Gasteiger partial charge in [0.25, 0.3) is 0 Å². The highest BCUT2D eigenvalue weighted by Crippen LogP contribution is 2.44. The first-order valence-electron chi connectivity index (χ1n) is 7.85. The summed E-state index contributed by atoms with van der Waals surface area (Å²) in [6.07, 6.45) is 3.18. The zero-order valence-corrected chi connectivity index (χ0v) is 13.3. The van der Waals surface area contributed by atoms with Gasteiger partial charge in [-0.15, -0.1) is 0 Å². The van der Waals surface area contributed by atoms with E-state index in [1.165, 1.54) is 27.9 Å². The molecule has 2 aromatic rings. The van der Waals surface area contributed by atoms with Crippen molar-refractivity contribution >= 4 is 22.2 Å². The highest BCUT2D eigenvalue weighted by atomic mass is 14.9. The van der Waals surface area contributed by atoms with E-state index in [2.05, 4.69) is 56.9 Å². The van der Waals surface area contributed by atoms with Crippen molar-refractivity contribution in [1.82, 2.24) is 4.98 Å². The minimum atomic E-state index is 0.252. The molecule has 110 valence electrons. The van der Waals surface area contributed by atoms with Crippen molar-refractivity contribution in [3.8, 4) is 0 Å². The molecule has 0 unspecified atom stereocenters. The summed E-state index contributed by atoms with van der Waals surface area (Å²) in [6, 6.07) is 8.42. The summed E-state index contributed by atoms with van der Waals surface area (Å²) in [7, 11) is 0. The zero-order chi connectivity index (χ0) is 15.0. The van der Waals surface area contributed by atoms with Crippen LogP contribution < -0.4 is 5.32 Å². The van der Waals surface area contributed by atoms with Gasteiger partial charge in [0.15, 0.2) is 0 Å². The normalized spacial score (nSPS) is 16.8. The number of hydrogen-bond donors (Lipinski definition) is 1. The van der Waals surface area contributed by atoms with Crippen LogP contribution in [0.1, 0.15) is 44.9 Å². The number of nitrogens with one attached hydrogen (secondary N) is 1. The number of benzene rings is 1. The lowest BCUT2D eigenvalue weighted by Gasteiger charge is -2.33. The molecule has 1 heterocycles. The fourth-order valence-corrected chi connectivity index (χ4v) is 3.39. The van der Waals surface area contributed by atoms with Gasteiger partial charge in [0.2, 0.25) is 0 Å². The Morgan fingerprint density at radius 1 is 1.24 bits per heavy atom. The summed E-state index contributed by atoms with van der Waals surface area (Å²) >= 11 is 0. The monoisotopic (exact) mass is 280 g/mol. The summed E-state index contributed by atoms with van der Waals surface area (Å²) in [5, 5.41) is 4.84. The molecule has 0 atom stereocenters. The molecular weight excluding hydrogens is 256 g/mol. The van der Waals surface area contributed by atoms with Crippen LogP contribution in [0.3, 0.4) is 0 Å². The maximum atomic E-state index is 4.93. The van der Waals surface area contributed by atoms with Crippen LogP contribution in [0, 0.1) is 5.41 Å². The van der Waals surface area contributed by atoms with Crippen LogP contribution in [0.15, 0.2) is 30.8 Å². The van der Waals surface area contributed by atoms with E-state index in [1.54, 1.807) is 0 Å². The molecule has 1 aromatic heterocycles. The van der Waals surface area contributed by atoms with Crippen LogP contribution in [0.25, 0.3) is 16.5 Å². The SMILES string of the molecule is C=C1CC(C)(C)Cc2nc3ccccc3c(NCCC)c21. The maximum Gasteiger partial charge on any atom is 0.0726 e. The van der Waals surface area contributed by atoms with Gasteiger partial charge < -0.3 is 5.32 Å². The average molecular weight is 280 g/mol. The van der Waals surface area contributed by atoms with Crippen LogP contribution in [0.5, 0.6) is 0 Å². The van der Waals surface area contributed by atoms with E-state index >= 15 is 0 Å². The second kappa shape index (κ2) is 5.18. The Morgan fingerprint density at radius 2 is 2.00 bits per heavy atom. The molecule has 2 nitrogen and oxygen atoms in total. The molecule has 1 N–H and O–H groups in total. The van der Waals surface area contributed by atoms with Gasteiger partial charge in [-0.25, -0.2) is 0 Å². The molecule has 3 rings (SSSR count). The van der Waals surface area contributed by atoms with Crippen molar-refractivity contribution in [1.29, 1.82) is 0 Å². The number of allylic oxidation sites excluding steroid dienone is 1. The molecule has 0 aliphatic heterocycles. The van der Waals surface area contributed by atoms with E-state index in [0.717, 1.165) is 31.3 Å². The lowest BCUT2D eigenvalue weighted by molar-refractivity contribution is 0.361. The van der Waals surface area contributed by atoms with Gasteiger partial charge >= 0.3 is 0 Å². The van der Waals surface area contributed by atoms with E-state index in [-0.39, 0.29) is 5.41 Å². The first-order valence-corrected chi connectivity index (χ1v) is 7.85. The van der Waals surface area contributed by atoms with Crippen molar-refractivity contribution in [3.63, 3.8) is 0 Å². The second-order valence-corrected chi connectivity index (χ2v) is 6.87. The summed E-state index contributed by atoms with van der Waals surface area (Å²) in [6.45, 7) is 12.1. The van der Waals surface area contributed by atoms with Crippen LogP contribution >= 0.6 is 0 Å². The van der Waals surface area contributed by atoms with Crippen LogP contribution in [0.2, 0.25) is 0 Å². The third-order valence-corrected chi connectivity index (χ3v) is 4.21. The van der Waals surface area contributed by atoms with Gasteiger partial charge in [0.1, 0.15) is 0 Å². The molecular formula is C19H24N2. The number of fused-ring (bicyclic) bond motifs is 2.